The predicted molar refractivity (Wildman–Crippen MR) is 62.4 cm³/mol. The molecule has 0 saturated carbocycles. The number of halogens is 1. The Morgan fingerprint density at radius 3 is 2.50 bits per heavy atom. The Balaban J connectivity index is 1.94. The smallest absolute Gasteiger partial charge is 0.258 e. The molecule has 82 valence electrons. The lowest BCUT2D eigenvalue weighted by atomic mass is 9.99. The van der Waals surface area contributed by atoms with Crippen molar-refractivity contribution < 1.29 is 9.53 Å². The average molecular weight is 281 g/mol. The molecule has 4 nitrogen and oxygen atoms in total. The zero-order chi connectivity index (χ0) is 11.2. The normalized spacial score (nSPS) is 21.6. The van der Waals surface area contributed by atoms with Gasteiger partial charge in [0.05, 0.1) is 13.2 Å². The van der Waals surface area contributed by atoms with Crippen LogP contribution in [0.2, 0.25) is 0 Å². The quantitative estimate of drug-likeness (QED) is 0.838. The highest BCUT2D eigenvalue weighted by Crippen LogP contribution is 2.27. The predicted octanol–water partition coefficient (Wildman–Crippen LogP) is 1.09. The molecule has 2 heterocycles. The minimum absolute atomic E-state index is 0.0586. The van der Waals surface area contributed by atoms with Gasteiger partial charge in [-0.15, -0.1) is 0 Å². The summed E-state index contributed by atoms with van der Waals surface area (Å²) in [5, 5.41) is 2.80. The first-order chi connectivity index (χ1) is 7.70. The summed E-state index contributed by atoms with van der Waals surface area (Å²) < 4.78 is 6.06. The van der Waals surface area contributed by atoms with Crippen molar-refractivity contribution in [3.8, 4) is 0 Å². The van der Waals surface area contributed by atoms with Crippen LogP contribution in [0.5, 0.6) is 0 Å². The Kier molecular flexibility index (Phi) is 2.12. The monoisotopic (exact) mass is 280 g/mol. The molecule has 5 heteroatoms. The molecule has 0 atom stereocenters. The summed E-state index contributed by atoms with van der Waals surface area (Å²) in [7, 11) is 0. The Morgan fingerprint density at radius 2 is 2.00 bits per heavy atom. The lowest BCUT2D eigenvalue weighted by molar-refractivity contribution is -0.139. The van der Waals surface area contributed by atoms with Gasteiger partial charge in [0.2, 0.25) is 0 Å². The van der Waals surface area contributed by atoms with E-state index in [4.69, 9.17) is 4.74 Å². The van der Waals surface area contributed by atoms with E-state index in [0.29, 0.717) is 19.0 Å². The van der Waals surface area contributed by atoms with Gasteiger partial charge < -0.3 is 10.1 Å². The van der Waals surface area contributed by atoms with Crippen LogP contribution in [0, 0.1) is 0 Å². The van der Waals surface area contributed by atoms with Crippen molar-refractivity contribution in [2.24, 2.45) is 4.99 Å². The molecular formula is C11H9BrN2O2. The lowest BCUT2D eigenvalue weighted by Crippen LogP contribution is -2.54. The molecule has 2 aliphatic heterocycles. The summed E-state index contributed by atoms with van der Waals surface area (Å²) in [6, 6.07) is 7.68. The van der Waals surface area contributed by atoms with Crippen LogP contribution in [0.4, 0.5) is 0 Å². The van der Waals surface area contributed by atoms with Gasteiger partial charge in [-0.2, -0.15) is 0 Å². The number of rotatable bonds is 1. The second kappa shape index (κ2) is 3.40. The molecule has 0 radical (unpaired) electrons. The Hall–Kier alpha value is -1.20. The molecule has 1 N–H and O–H groups in total. The third-order valence-corrected chi connectivity index (χ3v) is 3.31. The molecule has 1 aromatic rings. The number of amidine groups is 1. The number of nitrogens with zero attached hydrogens (tertiary/aromatic N) is 1. The molecule has 16 heavy (non-hydrogen) atoms. The van der Waals surface area contributed by atoms with Crippen LogP contribution >= 0.6 is 15.9 Å². The number of carbonyl (C=O) groups excluding carboxylic acids is 1. The van der Waals surface area contributed by atoms with Gasteiger partial charge >= 0.3 is 0 Å². The Morgan fingerprint density at radius 1 is 1.31 bits per heavy atom. The summed E-state index contributed by atoms with van der Waals surface area (Å²) >= 11 is 3.37. The fraction of sp³-hybridized carbons (Fsp3) is 0.273. The zero-order valence-corrected chi connectivity index (χ0v) is 9.95. The summed E-state index contributed by atoms with van der Waals surface area (Å²) in [6.45, 7) is 0.776. The van der Waals surface area contributed by atoms with Crippen LogP contribution in [0.15, 0.2) is 33.7 Å². The van der Waals surface area contributed by atoms with Crippen LogP contribution in [0.3, 0.4) is 0 Å². The molecule has 0 unspecified atom stereocenters. The molecule has 0 aromatic heterocycles. The van der Waals surface area contributed by atoms with Crippen molar-refractivity contribution in [2.75, 3.05) is 13.2 Å². The summed E-state index contributed by atoms with van der Waals surface area (Å²) in [5.74, 6) is 0.581. The van der Waals surface area contributed by atoms with Crippen LogP contribution in [-0.2, 0) is 9.53 Å². The van der Waals surface area contributed by atoms with Gasteiger partial charge in [0.15, 0.2) is 5.54 Å². The Labute approximate surface area is 101 Å². The number of aliphatic imine (C=N–C) groups is 1. The van der Waals surface area contributed by atoms with Gasteiger partial charge in [-0.1, -0.05) is 28.1 Å². The molecule has 1 spiro atoms. The maximum absolute atomic E-state index is 11.7. The van der Waals surface area contributed by atoms with Gasteiger partial charge in [-0.3, -0.25) is 4.79 Å². The van der Waals surface area contributed by atoms with Gasteiger partial charge in [-0.25, -0.2) is 4.99 Å². The molecule has 1 aromatic carbocycles. The highest BCUT2D eigenvalue weighted by Gasteiger charge is 2.50. The van der Waals surface area contributed by atoms with Crippen molar-refractivity contribution in [1.82, 2.24) is 5.32 Å². The average Bonchev–Trinajstić information content (AvgIpc) is 2.57. The molecule has 1 fully saturated rings. The van der Waals surface area contributed by atoms with E-state index in [-0.39, 0.29) is 5.91 Å². The first-order valence-corrected chi connectivity index (χ1v) is 5.74. The van der Waals surface area contributed by atoms with E-state index in [1.807, 2.05) is 24.3 Å². The highest BCUT2D eigenvalue weighted by molar-refractivity contribution is 9.10. The van der Waals surface area contributed by atoms with Gasteiger partial charge in [0.1, 0.15) is 5.84 Å². The van der Waals surface area contributed by atoms with Gasteiger partial charge in [0.25, 0.3) is 5.91 Å². The van der Waals surface area contributed by atoms with Crippen LogP contribution < -0.4 is 5.32 Å². The SMILES string of the molecule is O=C1NC(c2ccc(Br)cc2)=NC12COC2. The first-order valence-electron chi connectivity index (χ1n) is 4.95. The molecule has 3 rings (SSSR count). The number of ether oxygens (including phenoxy) is 1. The maximum atomic E-state index is 11.7. The zero-order valence-electron chi connectivity index (χ0n) is 8.37. The van der Waals surface area contributed by atoms with Crippen molar-refractivity contribution >= 4 is 27.7 Å². The van der Waals surface area contributed by atoms with E-state index in [0.717, 1.165) is 10.0 Å². The second-order valence-electron chi connectivity index (χ2n) is 3.95. The third kappa shape index (κ3) is 1.39. The standard InChI is InChI=1S/C11H9BrN2O2/c12-8-3-1-7(2-4-8)9-13-10(15)11(14-9)5-16-6-11/h1-4H,5-6H2,(H,13,14,15). The second-order valence-corrected chi connectivity index (χ2v) is 4.86. The Bertz CT molecular complexity index is 477. The number of carbonyl (C=O) groups is 1. The van der Waals surface area contributed by atoms with E-state index in [2.05, 4.69) is 26.2 Å². The van der Waals surface area contributed by atoms with Crippen LogP contribution in [0.25, 0.3) is 0 Å². The first kappa shape index (κ1) is 9.99. The summed E-state index contributed by atoms with van der Waals surface area (Å²) in [6.07, 6.45) is 0. The van der Waals surface area contributed by atoms with Crippen LogP contribution in [0.1, 0.15) is 5.56 Å². The molecule has 2 aliphatic rings. The number of nitrogens with one attached hydrogen (secondary N) is 1. The van der Waals surface area contributed by atoms with Crippen molar-refractivity contribution in [3.63, 3.8) is 0 Å². The molecule has 0 aliphatic carbocycles. The lowest BCUT2D eigenvalue weighted by Gasteiger charge is -2.31. The summed E-state index contributed by atoms with van der Waals surface area (Å²) in [4.78, 5) is 16.1. The minimum atomic E-state index is -0.650. The van der Waals surface area contributed by atoms with E-state index < -0.39 is 5.54 Å². The summed E-state index contributed by atoms with van der Waals surface area (Å²) in [5.41, 5.74) is 0.267. The largest absolute Gasteiger partial charge is 0.375 e. The molecule has 0 bridgehead atoms. The maximum Gasteiger partial charge on any atom is 0.258 e. The van der Waals surface area contributed by atoms with E-state index in [1.165, 1.54) is 0 Å². The molecular weight excluding hydrogens is 272 g/mol. The van der Waals surface area contributed by atoms with Crippen molar-refractivity contribution in [2.45, 2.75) is 5.54 Å². The van der Waals surface area contributed by atoms with E-state index in [9.17, 15) is 4.79 Å². The minimum Gasteiger partial charge on any atom is -0.375 e. The fourth-order valence-corrected chi connectivity index (χ4v) is 2.02. The highest BCUT2D eigenvalue weighted by atomic mass is 79.9. The van der Waals surface area contributed by atoms with Crippen LogP contribution in [-0.4, -0.2) is 30.5 Å². The number of amides is 1. The molecule has 1 saturated heterocycles. The fourth-order valence-electron chi connectivity index (χ4n) is 1.75. The number of hydrogen-bond donors (Lipinski definition) is 1. The van der Waals surface area contributed by atoms with E-state index in [1.54, 1.807) is 0 Å². The topological polar surface area (TPSA) is 50.7 Å². The molecule has 1 amide bonds. The van der Waals surface area contributed by atoms with Gasteiger partial charge in [-0.05, 0) is 12.1 Å². The number of hydrogen-bond acceptors (Lipinski definition) is 3. The van der Waals surface area contributed by atoms with Gasteiger partial charge in [0, 0.05) is 10.0 Å². The van der Waals surface area contributed by atoms with Crippen molar-refractivity contribution in [1.29, 1.82) is 0 Å². The number of benzene rings is 1. The van der Waals surface area contributed by atoms with E-state index >= 15 is 0 Å². The third-order valence-electron chi connectivity index (χ3n) is 2.78. The van der Waals surface area contributed by atoms with Crippen molar-refractivity contribution in [3.05, 3.63) is 34.3 Å².